The van der Waals surface area contributed by atoms with E-state index in [1.54, 1.807) is 0 Å². The molecular weight excluding hydrogens is 304 g/mol. The number of carbonyl (C=O) groups is 1. The summed E-state index contributed by atoms with van der Waals surface area (Å²) < 4.78 is 16.9. The first-order valence-electron chi connectivity index (χ1n) is 7.43. The molecule has 1 aromatic rings. The largest absolute Gasteiger partial charge is 0.494 e. The molecule has 0 aliphatic heterocycles. The molecule has 1 saturated carbocycles. The van der Waals surface area contributed by atoms with Crippen molar-refractivity contribution < 1.29 is 13.7 Å². The fourth-order valence-corrected chi connectivity index (χ4v) is 3.91. The monoisotopic (exact) mass is 326 g/mol. The van der Waals surface area contributed by atoms with Gasteiger partial charge in [0.2, 0.25) is 5.95 Å². The standard InChI is InChI=1S/C14H22N4O3S/c1-3-22(20)12-6-4-5-10(7-12)17-14(19)18-13-15-8-11(21-2)9-16-13/h8-10,12H,3-7H2,1-2H3,(H2,15,16,17,18,19). The second-order valence-corrected chi connectivity index (χ2v) is 7.21. The molecule has 1 fully saturated rings. The predicted octanol–water partition coefficient (Wildman–Crippen LogP) is 1.69. The average Bonchev–Trinajstić information content (AvgIpc) is 2.55. The number of rotatable bonds is 5. The summed E-state index contributed by atoms with van der Waals surface area (Å²) in [5.74, 6) is 1.43. The number of urea groups is 1. The topological polar surface area (TPSA) is 93.2 Å². The van der Waals surface area contributed by atoms with Gasteiger partial charge in [0.1, 0.15) is 0 Å². The van der Waals surface area contributed by atoms with Crippen LogP contribution in [-0.2, 0) is 10.8 Å². The van der Waals surface area contributed by atoms with Crippen molar-refractivity contribution in [3.63, 3.8) is 0 Å². The van der Waals surface area contributed by atoms with Crippen LogP contribution >= 0.6 is 0 Å². The normalized spacial score (nSPS) is 22.6. The lowest BCUT2D eigenvalue weighted by Gasteiger charge is -2.28. The molecule has 0 aromatic carbocycles. The number of amides is 2. The van der Waals surface area contributed by atoms with Crippen molar-refractivity contribution in [2.75, 3.05) is 18.2 Å². The number of anilines is 1. The third-order valence-electron chi connectivity index (χ3n) is 3.71. The molecule has 3 atom stereocenters. The molecule has 0 radical (unpaired) electrons. The van der Waals surface area contributed by atoms with Crippen molar-refractivity contribution in [3.05, 3.63) is 12.4 Å². The van der Waals surface area contributed by atoms with E-state index in [0.29, 0.717) is 11.5 Å². The van der Waals surface area contributed by atoms with Gasteiger partial charge in [0.15, 0.2) is 5.75 Å². The van der Waals surface area contributed by atoms with Crippen LogP contribution in [0.15, 0.2) is 12.4 Å². The van der Waals surface area contributed by atoms with E-state index in [4.69, 9.17) is 4.74 Å². The molecule has 8 heteroatoms. The van der Waals surface area contributed by atoms with Crippen LogP contribution in [0.5, 0.6) is 5.75 Å². The third-order valence-corrected chi connectivity index (χ3v) is 5.45. The highest BCUT2D eigenvalue weighted by atomic mass is 32.2. The maximum Gasteiger partial charge on any atom is 0.321 e. The van der Waals surface area contributed by atoms with Gasteiger partial charge in [-0.05, 0) is 19.3 Å². The molecule has 3 unspecified atom stereocenters. The predicted molar refractivity (Wildman–Crippen MR) is 85.5 cm³/mol. The minimum absolute atomic E-state index is 0.0486. The van der Waals surface area contributed by atoms with E-state index >= 15 is 0 Å². The first-order valence-corrected chi connectivity index (χ1v) is 8.81. The highest BCUT2D eigenvalue weighted by Crippen LogP contribution is 2.23. The molecule has 0 spiro atoms. The van der Waals surface area contributed by atoms with Gasteiger partial charge in [0.05, 0.1) is 19.5 Å². The fraction of sp³-hybridized carbons (Fsp3) is 0.643. The first-order chi connectivity index (χ1) is 10.6. The molecule has 2 rings (SSSR count). The summed E-state index contributed by atoms with van der Waals surface area (Å²) in [7, 11) is 0.725. The van der Waals surface area contributed by atoms with Crippen molar-refractivity contribution in [3.8, 4) is 5.75 Å². The molecule has 2 N–H and O–H groups in total. The zero-order valence-corrected chi connectivity index (χ0v) is 13.7. The van der Waals surface area contributed by atoms with Gasteiger partial charge in [-0.1, -0.05) is 13.3 Å². The zero-order valence-electron chi connectivity index (χ0n) is 12.9. The van der Waals surface area contributed by atoms with Crippen LogP contribution < -0.4 is 15.4 Å². The summed E-state index contributed by atoms with van der Waals surface area (Å²) >= 11 is 0. The van der Waals surface area contributed by atoms with Gasteiger partial charge in [0, 0.05) is 27.8 Å². The maximum absolute atomic E-state index is 12.0. The van der Waals surface area contributed by atoms with Gasteiger partial charge in [-0.2, -0.15) is 0 Å². The van der Waals surface area contributed by atoms with Gasteiger partial charge in [-0.25, -0.2) is 14.8 Å². The van der Waals surface area contributed by atoms with E-state index < -0.39 is 10.8 Å². The SMILES string of the molecule is CCS(=O)C1CCCC(NC(=O)Nc2ncc(OC)cn2)C1. The maximum atomic E-state index is 12.0. The van der Waals surface area contributed by atoms with Crippen molar-refractivity contribution in [2.24, 2.45) is 0 Å². The molecule has 0 bridgehead atoms. The van der Waals surface area contributed by atoms with Gasteiger partial charge in [0.25, 0.3) is 0 Å². The molecule has 22 heavy (non-hydrogen) atoms. The molecule has 7 nitrogen and oxygen atoms in total. The first kappa shape index (κ1) is 16.7. The van der Waals surface area contributed by atoms with Crippen LogP contribution in [0.25, 0.3) is 0 Å². The van der Waals surface area contributed by atoms with Crippen molar-refractivity contribution in [1.29, 1.82) is 0 Å². The number of aromatic nitrogens is 2. The number of ether oxygens (including phenoxy) is 1. The molecule has 2 amide bonds. The summed E-state index contributed by atoms with van der Waals surface area (Å²) in [4.78, 5) is 19.9. The van der Waals surface area contributed by atoms with Crippen LogP contribution in [-0.4, -0.2) is 44.4 Å². The Morgan fingerprint density at radius 2 is 2.14 bits per heavy atom. The van der Waals surface area contributed by atoms with E-state index in [9.17, 15) is 9.00 Å². The molecule has 122 valence electrons. The van der Waals surface area contributed by atoms with E-state index in [2.05, 4.69) is 20.6 Å². The van der Waals surface area contributed by atoms with Crippen LogP contribution in [0, 0.1) is 0 Å². The lowest BCUT2D eigenvalue weighted by atomic mass is 9.95. The average molecular weight is 326 g/mol. The van der Waals surface area contributed by atoms with Gasteiger partial charge < -0.3 is 10.1 Å². The molecular formula is C14H22N4O3S. The second-order valence-electron chi connectivity index (χ2n) is 5.20. The third kappa shape index (κ3) is 4.66. The lowest BCUT2D eigenvalue weighted by Crippen LogP contribution is -2.43. The van der Waals surface area contributed by atoms with Crippen LogP contribution in [0.4, 0.5) is 10.7 Å². The van der Waals surface area contributed by atoms with Crippen LogP contribution in [0.1, 0.15) is 32.6 Å². The minimum atomic E-state index is -0.801. The highest BCUT2D eigenvalue weighted by molar-refractivity contribution is 7.85. The molecule has 1 aliphatic rings. The number of hydrogen-bond donors (Lipinski definition) is 2. The molecule has 0 saturated heterocycles. The quantitative estimate of drug-likeness (QED) is 0.859. The van der Waals surface area contributed by atoms with E-state index in [1.165, 1.54) is 19.5 Å². The van der Waals surface area contributed by atoms with Crippen LogP contribution in [0.3, 0.4) is 0 Å². The number of methoxy groups -OCH3 is 1. The highest BCUT2D eigenvalue weighted by Gasteiger charge is 2.26. The van der Waals surface area contributed by atoms with Crippen molar-refractivity contribution >= 4 is 22.8 Å². The summed E-state index contributed by atoms with van der Waals surface area (Å²) in [6.45, 7) is 1.93. The molecule has 1 aliphatic carbocycles. The Bertz CT molecular complexity index is 523. The number of hydrogen-bond acceptors (Lipinski definition) is 5. The summed E-state index contributed by atoms with van der Waals surface area (Å²) in [6, 6.07) is -0.286. The smallest absolute Gasteiger partial charge is 0.321 e. The lowest BCUT2D eigenvalue weighted by molar-refractivity contribution is 0.244. The summed E-state index contributed by atoms with van der Waals surface area (Å²) in [5.41, 5.74) is 0. The molecule has 1 heterocycles. The summed E-state index contributed by atoms with van der Waals surface area (Å²) in [6.07, 6.45) is 6.61. The number of nitrogens with one attached hydrogen (secondary N) is 2. The Balaban J connectivity index is 1.84. The van der Waals surface area contributed by atoms with Crippen molar-refractivity contribution in [2.45, 2.75) is 43.9 Å². The fourth-order valence-electron chi connectivity index (χ4n) is 2.56. The number of carbonyl (C=O) groups excluding carboxylic acids is 1. The Hall–Kier alpha value is -1.70. The Morgan fingerprint density at radius 3 is 2.77 bits per heavy atom. The summed E-state index contributed by atoms with van der Waals surface area (Å²) in [5, 5.41) is 5.69. The Morgan fingerprint density at radius 1 is 1.41 bits per heavy atom. The van der Waals surface area contributed by atoms with Gasteiger partial charge in [-0.3, -0.25) is 9.53 Å². The van der Waals surface area contributed by atoms with Crippen molar-refractivity contribution in [1.82, 2.24) is 15.3 Å². The molecule has 1 aromatic heterocycles. The van der Waals surface area contributed by atoms with Gasteiger partial charge in [-0.15, -0.1) is 0 Å². The van der Waals surface area contributed by atoms with Crippen LogP contribution in [0.2, 0.25) is 0 Å². The Labute approximate surface area is 132 Å². The zero-order chi connectivity index (χ0) is 15.9. The van der Waals surface area contributed by atoms with Gasteiger partial charge >= 0.3 is 6.03 Å². The van der Waals surface area contributed by atoms with E-state index in [0.717, 1.165) is 25.7 Å². The second kappa shape index (κ2) is 8.07. The van der Waals surface area contributed by atoms with E-state index in [1.807, 2.05) is 6.92 Å². The minimum Gasteiger partial charge on any atom is -0.494 e. The number of nitrogens with zero attached hydrogens (tertiary/aromatic N) is 2. The van der Waals surface area contributed by atoms with E-state index in [-0.39, 0.29) is 23.3 Å². The Kier molecular flexibility index (Phi) is 6.11.